The Bertz CT molecular complexity index is 467. The molecule has 0 amide bonds. The van der Waals surface area contributed by atoms with Crippen LogP contribution in [0.2, 0.25) is 0 Å². The number of aliphatic hydroxyl groups is 2. The van der Waals surface area contributed by atoms with Gasteiger partial charge in [-0.25, -0.2) is 0 Å². The van der Waals surface area contributed by atoms with Gasteiger partial charge < -0.3 is 24.9 Å². The number of halogens is 2. The van der Waals surface area contributed by atoms with Crippen molar-refractivity contribution in [2.24, 2.45) is 0 Å². The molecular formula is C19H33Cl2LiO8. The predicted molar refractivity (Wildman–Crippen MR) is 111 cm³/mol. The first kappa shape index (κ1) is 39.6. The molecule has 172 valence electrons. The normalized spacial score (nSPS) is 10.6. The second kappa shape index (κ2) is 28.1. The summed E-state index contributed by atoms with van der Waals surface area (Å²) < 4.78 is 4.56. The Balaban J connectivity index is -0.000000101. The van der Waals surface area contributed by atoms with Crippen molar-refractivity contribution in [3.8, 4) is 0 Å². The number of allylic oxidation sites excluding steroid dienone is 1. The first-order valence-electron chi connectivity index (χ1n) is 8.67. The number of hydrogen-bond acceptors (Lipinski definition) is 8. The van der Waals surface area contributed by atoms with Crippen molar-refractivity contribution in [3.63, 3.8) is 0 Å². The minimum atomic E-state index is -0.816. The van der Waals surface area contributed by atoms with Crippen LogP contribution in [0.25, 0.3) is 0 Å². The molecule has 8 nitrogen and oxygen atoms in total. The number of carbonyl (C=O) groups excluding carboxylic acids is 4. The van der Waals surface area contributed by atoms with Crippen LogP contribution in [0.1, 0.15) is 53.9 Å². The maximum atomic E-state index is 10.8. The standard InChI is InChI=1S/C7H11ClO3.C6H11ClO3.2C3H6O.Li/c1-5(9)2-6(10)3-7(11)4-8;1-2-10-6(9)3-5(8)4-7;2*1-3(2)4;/h7,11H,2-4H2,1H3;5,8H,2-4H2,1H3;1-2H3;4H,1H2,2H3;/q;;;;+1/p-1/t7-;5-;;;/m00.../s1. The van der Waals surface area contributed by atoms with Gasteiger partial charge in [0.15, 0.2) is 0 Å². The largest absolute Gasteiger partial charge is 1.00 e. The maximum Gasteiger partial charge on any atom is 1.00 e. The number of alkyl halides is 2. The van der Waals surface area contributed by atoms with Gasteiger partial charge in [-0.2, -0.15) is 0 Å². The second-order valence-corrected chi connectivity index (χ2v) is 6.47. The molecule has 0 saturated heterocycles. The first-order valence-corrected chi connectivity index (χ1v) is 9.74. The van der Waals surface area contributed by atoms with E-state index in [0.717, 1.165) is 0 Å². The third-order valence-corrected chi connectivity index (χ3v) is 2.69. The van der Waals surface area contributed by atoms with E-state index in [2.05, 4.69) is 11.3 Å². The molecule has 2 N–H and O–H groups in total. The summed E-state index contributed by atoms with van der Waals surface area (Å²) in [6.45, 7) is 10.9. The average molecular weight is 467 g/mol. The van der Waals surface area contributed by atoms with E-state index in [1.54, 1.807) is 6.92 Å². The number of carbonyl (C=O) groups is 4. The quantitative estimate of drug-likeness (QED) is 0.138. The van der Waals surface area contributed by atoms with Gasteiger partial charge in [-0.1, -0.05) is 6.92 Å². The molecular weight excluding hydrogens is 434 g/mol. The van der Waals surface area contributed by atoms with Crippen LogP contribution in [0.4, 0.5) is 0 Å². The van der Waals surface area contributed by atoms with Gasteiger partial charge >= 0.3 is 24.8 Å². The van der Waals surface area contributed by atoms with Crippen LogP contribution in [0.3, 0.4) is 0 Å². The van der Waals surface area contributed by atoms with E-state index in [1.165, 1.54) is 27.7 Å². The molecule has 0 bridgehead atoms. The molecule has 30 heavy (non-hydrogen) atoms. The van der Waals surface area contributed by atoms with E-state index >= 15 is 0 Å². The molecule has 11 heteroatoms. The maximum absolute atomic E-state index is 10.8. The molecule has 0 rings (SSSR count). The Hall–Kier alpha value is -0.883. The summed E-state index contributed by atoms with van der Waals surface area (Å²) in [4.78, 5) is 41.2. The molecule has 0 aliphatic rings. The summed E-state index contributed by atoms with van der Waals surface area (Å²) in [5, 5.41) is 27.0. The molecule has 0 aliphatic carbocycles. The number of aliphatic hydroxyl groups excluding tert-OH is 2. The fraction of sp³-hybridized carbons (Fsp3) is 0.684. The van der Waals surface area contributed by atoms with E-state index in [4.69, 9.17) is 33.4 Å². The van der Waals surface area contributed by atoms with Gasteiger partial charge in [0.2, 0.25) is 0 Å². The number of rotatable bonds is 9. The summed E-state index contributed by atoms with van der Waals surface area (Å²) in [7, 11) is 0. The Kier molecular flexibility index (Phi) is 37.1. The Morgan fingerprint density at radius 3 is 1.57 bits per heavy atom. The van der Waals surface area contributed by atoms with Gasteiger partial charge in [0.25, 0.3) is 0 Å². The number of Topliss-reactive ketones (excluding diaryl/α,β-unsaturated/α-hetero) is 3. The van der Waals surface area contributed by atoms with E-state index in [-0.39, 0.29) is 73.0 Å². The molecule has 0 fully saturated rings. The van der Waals surface area contributed by atoms with Crippen LogP contribution < -0.4 is 24.0 Å². The van der Waals surface area contributed by atoms with Crippen molar-refractivity contribution >= 4 is 46.5 Å². The smallest absolute Gasteiger partial charge is 0.876 e. The molecule has 0 aromatic rings. The van der Waals surface area contributed by atoms with Crippen LogP contribution in [0.15, 0.2) is 12.3 Å². The van der Waals surface area contributed by atoms with Crippen molar-refractivity contribution in [2.45, 2.75) is 66.1 Å². The summed E-state index contributed by atoms with van der Waals surface area (Å²) in [6, 6.07) is 0. The molecule has 0 spiro atoms. The first-order chi connectivity index (χ1) is 13.2. The molecule has 0 saturated carbocycles. The predicted octanol–water partition coefficient (Wildman–Crippen LogP) is -1.46. The number of hydrogen-bond donors (Lipinski definition) is 2. The molecule has 0 heterocycles. The number of esters is 1. The van der Waals surface area contributed by atoms with Crippen molar-refractivity contribution in [1.82, 2.24) is 0 Å². The minimum absolute atomic E-state index is 0. The summed E-state index contributed by atoms with van der Waals surface area (Å²) in [6.07, 6.45) is -1.74. The van der Waals surface area contributed by atoms with E-state index in [1.807, 2.05) is 0 Å². The monoisotopic (exact) mass is 466 g/mol. The summed E-state index contributed by atoms with van der Waals surface area (Å²) >= 11 is 10.5. The van der Waals surface area contributed by atoms with Crippen LogP contribution in [0.5, 0.6) is 0 Å². The van der Waals surface area contributed by atoms with E-state index < -0.39 is 18.2 Å². The third kappa shape index (κ3) is 56.4. The zero-order valence-corrected chi connectivity index (χ0v) is 20.2. The molecule has 2 atom stereocenters. The zero-order valence-electron chi connectivity index (χ0n) is 18.7. The van der Waals surface area contributed by atoms with Gasteiger partial charge in [-0.3, -0.25) is 14.4 Å². The van der Waals surface area contributed by atoms with E-state index in [9.17, 15) is 24.3 Å². The summed E-state index contributed by atoms with van der Waals surface area (Å²) in [5.41, 5.74) is 0. The zero-order chi connectivity index (χ0) is 24.0. The Labute approximate surface area is 201 Å². The molecule has 0 aromatic carbocycles. The van der Waals surface area contributed by atoms with Crippen molar-refractivity contribution < 1.29 is 58.1 Å². The van der Waals surface area contributed by atoms with E-state index in [0.29, 0.717) is 6.61 Å². The fourth-order valence-corrected chi connectivity index (χ4v) is 1.35. The van der Waals surface area contributed by atoms with Crippen LogP contribution in [-0.4, -0.2) is 64.1 Å². The molecule has 0 unspecified atom stereocenters. The fourth-order valence-electron chi connectivity index (χ4n) is 1.13. The number of ketones is 3. The van der Waals surface area contributed by atoms with Gasteiger partial charge in [-0.05, 0) is 27.7 Å². The summed E-state index contributed by atoms with van der Waals surface area (Å²) in [5.74, 6) is -0.666. The minimum Gasteiger partial charge on any atom is -0.876 e. The topological polar surface area (TPSA) is 141 Å². The molecule has 0 aromatic heterocycles. The van der Waals surface area contributed by atoms with Crippen molar-refractivity contribution in [1.29, 1.82) is 0 Å². The van der Waals surface area contributed by atoms with Gasteiger partial charge in [0, 0.05) is 18.2 Å². The van der Waals surface area contributed by atoms with Crippen LogP contribution in [0, 0.1) is 0 Å². The number of ether oxygens (including phenoxy) is 1. The Morgan fingerprint density at radius 2 is 1.30 bits per heavy atom. The molecule has 0 aliphatic heterocycles. The average Bonchev–Trinajstić information content (AvgIpc) is 2.53. The Morgan fingerprint density at radius 1 is 0.967 bits per heavy atom. The van der Waals surface area contributed by atoms with Gasteiger partial charge in [0.05, 0.1) is 31.7 Å². The van der Waals surface area contributed by atoms with Gasteiger partial charge in [-0.15, -0.1) is 35.5 Å². The SMILES string of the molecule is C=C(C)[O-].CC(=O)CC(=O)C[C@H](O)CCl.CC(C)=O.CCOC(=O)C[C@H](O)CCl.[Li+]. The third-order valence-electron chi connectivity index (χ3n) is 1.97. The van der Waals surface area contributed by atoms with Crippen LogP contribution >= 0.6 is 23.2 Å². The second-order valence-electron chi connectivity index (χ2n) is 5.86. The van der Waals surface area contributed by atoms with Crippen molar-refractivity contribution in [2.75, 3.05) is 18.4 Å². The van der Waals surface area contributed by atoms with Crippen molar-refractivity contribution in [3.05, 3.63) is 12.3 Å². The van der Waals surface area contributed by atoms with Crippen LogP contribution in [-0.2, 0) is 23.9 Å². The van der Waals surface area contributed by atoms with Gasteiger partial charge in [0.1, 0.15) is 17.3 Å². The molecule has 0 radical (unpaired) electrons.